The fourth-order valence-electron chi connectivity index (χ4n) is 3.11. The number of ketones is 2. The van der Waals surface area contributed by atoms with Crippen LogP contribution >= 0.6 is 11.3 Å². The topological polar surface area (TPSA) is 113 Å². The maximum atomic E-state index is 12.7. The molecule has 2 aromatic rings. The fraction of sp³-hybridized carbons (Fsp3) is 0.263. The summed E-state index contributed by atoms with van der Waals surface area (Å²) in [5, 5.41) is 14.7. The van der Waals surface area contributed by atoms with Gasteiger partial charge in [-0.25, -0.2) is 4.79 Å². The Bertz CT molecular complexity index is 1030. The molecule has 1 aromatic carbocycles. The van der Waals surface area contributed by atoms with Crippen LogP contribution in [-0.2, 0) is 9.59 Å². The molecule has 1 atom stereocenters. The van der Waals surface area contributed by atoms with Gasteiger partial charge in [0.2, 0.25) is 11.7 Å². The minimum Gasteiger partial charge on any atom is -0.475 e. The number of carboxylic acid groups (broad SMARTS) is 1. The van der Waals surface area contributed by atoms with E-state index < -0.39 is 12.1 Å². The number of carboxylic acids is 1. The second-order valence-corrected chi connectivity index (χ2v) is 7.38. The van der Waals surface area contributed by atoms with E-state index in [1.54, 1.807) is 29.6 Å². The van der Waals surface area contributed by atoms with E-state index in [1.807, 2.05) is 0 Å². The van der Waals surface area contributed by atoms with Crippen LogP contribution in [-0.4, -0.2) is 47.3 Å². The summed E-state index contributed by atoms with van der Waals surface area (Å²) in [4.78, 5) is 46.8. The Kier molecular flexibility index (Phi) is 6.04. The number of anilines is 1. The first-order valence-electron chi connectivity index (χ1n) is 8.75. The van der Waals surface area contributed by atoms with Crippen molar-refractivity contribution in [1.29, 1.82) is 0 Å². The number of nitrogens with one attached hydrogen (secondary N) is 2. The monoisotopic (exact) mass is 440 g/mol. The molecule has 2 heterocycles. The number of rotatable bonds is 2. The van der Waals surface area contributed by atoms with Gasteiger partial charge in [0.05, 0.1) is 22.2 Å². The van der Waals surface area contributed by atoms with Gasteiger partial charge in [0, 0.05) is 16.5 Å². The molecule has 0 unspecified atom stereocenters. The lowest BCUT2D eigenvalue weighted by molar-refractivity contribution is -0.192. The summed E-state index contributed by atoms with van der Waals surface area (Å²) in [5.41, 5.74) is 1.60. The molecule has 158 valence electrons. The third-order valence-electron chi connectivity index (χ3n) is 4.52. The number of hydrogen-bond acceptors (Lipinski definition) is 6. The number of carbonyl (C=O) groups is 4. The van der Waals surface area contributed by atoms with Crippen molar-refractivity contribution >= 4 is 40.5 Å². The molecular weight excluding hydrogens is 425 g/mol. The standard InChI is InChI=1S/C17H14N2O3S.C2HF3O2/c20-14-9-4-1-2-5-10(9)15(21)16-13(14)12(8-23-16)19-17(22)11-6-3-7-18-11;3-2(4,5)1(6)7/h1-2,4-5,8,11,18H,3,6-7H2,(H,19,22);(H,6,7)/t11-;/m0./s1. The zero-order valence-corrected chi connectivity index (χ0v) is 16.0. The summed E-state index contributed by atoms with van der Waals surface area (Å²) >= 11 is 1.21. The van der Waals surface area contributed by atoms with E-state index in [1.165, 1.54) is 11.3 Å². The van der Waals surface area contributed by atoms with Gasteiger partial charge in [0.1, 0.15) is 0 Å². The van der Waals surface area contributed by atoms with E-state index in [-0.39, 0.29) is 23.5 Å². The van der Waals surface area contributed by atoms with Gasteiger partial charge in [0.25, 0.3) is 0 Å². The first-order valence-corrected chi connectivity index (χ1v) is 9.63. The third kappa shape index (κ3) is 4.26. The van der Waals surface area contributed by atoms with Gasteiger partial charge in [0.15, 0.2) is 5.78 Å². The van der Waals surface area contributed by atoms with Crippen LogP contribution in [0.3, 0.4) is 0 Å². The molecule has 30 heavy (non-hydrogen) atoms. The highest BCUT2D eigenvalue weighted by Gasteiger charge is 2.38. The SMILES string of the molecule is O=C(O)C(F)(F)F.O=C1c2ccccc2C(=O)c2c(NC(=O)[C@@H]3CCCN3)csc21. The molecule has 0 saturated carbocycles. The molecule has 3 N–H and O–H groups in total. The number of benzene rings is 1. The maximum Gasteiger partial charge on any atom is 0.490 e. The Balaban J connectivity index is 0.000000318. The number of carbonyl (C=O) groups excluding carboxylic acids is 3. The highest BCUT2D eigenvalue weighted by Crippen LogP contribution is 2.36. The zero-order chi connectivity index (χ0) is 22.1. The van der Waals surface area contributed by atoms with Crippen molar-refractivity contribution in [2.45, 2.75) is 25.1 Å². The predicted molar refractivity (Wildman–Crippen MR) is 101 cm³/mol. The Labute approximate surface area is 171 Å². The molecule has 0 bridgehead atoms. The molecule has 1 amide bonds. The van der Waals surface area contributed by atoms with Crippen LogP contribution in [0, 0.1) is 0 Å². The van der Waals surface area contributed by atoms with Gasteiger partial charge < -0.3 is 15.7 Å². The van der Waals surface area contributed by atoms with E-state index in [2.05, 4.69) is 10.6 Å². The summed E-state index contributed by atoms with van der Waals surface area (Å²) < 4.78 is 31.7. The molecule has 1 aliphatic heterocycles. The Morgan fingerprint density at radius 3 is 2.27 bits per heavy atom. The number of aliphatic carboxylic acids is 1. The third-order valence-corrected chi connectivity index (χ3v) is 5.50. The average Bonchev–Trinajstić information content (AvgIpc) is 3.36. The van der Waals surface area contributed by atoms with Crippen molar-refractivity contribution in [2.75, 3.05) is 11.9 Å². The summed E-state index contributed by atoms with van der Waals surface area (Å²) in [6, 6.07) is 6.57. The average molecular weight is 440 g/mol. The van der Waals surface area contributed by atoms with E-state index in [9.17, 15) is 27.6 Å². The smallest absolute Gasteiger partial charge is 0.475 e. The quantitative estimate of drug-likeness (QED) is 0.565. The highest BCUT2D eigenvalue weighted by atomic mass is 32.1. The summed E-state index contributed by atoms with van der Waals surface area (Å²) in [6.07, 6.45) is -3.33. The van der Waals surface area contributed by atoms with Crippen LogP contribution in [0.5, 0.6) is 0 Å². The van der Waals surface area contributed by atoms with Crippen molar-refractivity contribution in [1.82, 2.24) is 5.32 Å². The maximum absolute atomic E-state index is 12.7. The van der Waals surface area contributed by atoms with Crippen molar-refractivity contribution in [3.05, 3.63) is 51.2 Å². The van der Waals surface area contributed by atoms with Gasteiger partial charge in [-0.2, -0.15) is 13.2 Å². The zero-order valence-electron chi connectivity index (χ0n) is 15.2. The number of amides is 1. The number of thiophene rings is 1. The molecule has 2 aliphatic rings. The Hall–Kier alpha value is -3.05. The number of hydrogen-bond donors (Lipinski definition) is 3. The molecule has 1 aromatic heterocycles. The fourth-order valence-corrected chi connectivity index (χ4v) is 4.06. The first kappa shape index (κ1) is 21.7. The lowest BCUT2D eigenvalue weighted by Crippen LogP contribution is -2.36. The normalized spacial score (nSPS) is 17.5. The molecule has 7 nitrogen and oxygen atoms in total. The minimum absolute atomic E-state index is 0.151. The largest absolute Gasteiger partial charge is 0.490 e. The molecular formula is C19H15F3N2O5S. The van der Waals surface area contributed by atoms with Gasteiger partial charge in [-0.05, 0) is 19.4 Å². The molecule has 0 radical (unpaired) electrons. The van der Waals surface area contributed by atoms with E-state index in [0.717, 1.165) is 19.4 Å². The van der Waals surface area contributed by atoms with Crippen LogP contribution in [0.25, 0.3) is 0 Å². The lowest BCUT2D eigenvalue weighted by Gasteiger charge is -2.16. The number of halogens is 3. The van der Waals surface area contributed by atoms with Crippen molar-refractivity contribution in [3.63, 3.8) is 0 Å². The van der Waals surface area contributed by atoms with Crippen LogP contribution in [0.2, 0.25) is 0 Å². The molecule has 1 saturated heterocycles. The van der Waals surface area contributed by atoms with Crippen molar-refractivity contribution in [3.8, 4) is 0 Å². The predicted octanol–water partition coefficient (Wildman–Crippen LogP) is 2.85. The molecule has 1 fully saturated rings. The van der Waals surface area contributed by atoms with Crippen LogP contribution in [0.4, 0.5) is 18.9 Å². The van der Waals surface area contributed by atoms with Gasteiger partial charge in [-0.15, -0.1) is 11.3 Å². The van der Waals surface area contributed by atoms with E-state index in [0.29, 0.717) is 27.3 Å². The second kappa shape index (κ2) is 8.36. The van der Waals surface area contributed by atoms with E-state index >= 15 is 0 Å². The minimum atomic E-state index is -5.08. The summed E-state index contributed by atoms with van der Waals surface area (Å²) in [7, 11) is 0. The van der Waals surface area contributed by atoms with Gasteiger partial charge >= 0.3 is 12.1 Å². The summed E-state index contributed by atoms with van der Waals surface area (Å²) in [6.45, 7) is 0.824. The van der Waals surface area contributed by atoms with Crippen LogP contribution in [0.15, 0.2) is 29.6 Å². The molecule has 0 spiro atoms. The Morgan fingerprint density at radius 2 is 1.73 bits per heavy atom. The first-order chi connectivity index (χ1) is 14.1. The van der Waals surface area contributed by atoms with Crippen LogP contribution < -0.4 is 10.6 Å². The Morgan fingerprint density at radius 1 is 1.13 bits per heavy atom. The number of alkyl halides is 3. The van der Waals surface area contributed by atoms with Gasteiger partial charge in [-0.3, -0.25) is 14.4 Å². The molecule has 1 aliphatic carbocycles. The second-order valence-electron chi connectivity index (χ2n) is 6.50. The van der Waals surface area contributed by atoms with Crippen molar-refractivity contribution < 1.29 is 37.5 Å². The van der Waals surface area contributed by atoms with Crippen LogP contribution in [0.1, 0.15) is 44.0 Å². The molecule has 4 rings (SSSR count). The van der Waals surface area contributed by atoms with E-state index in [4.69, 9.17) is 9.90 Å². The van der Waals surface area contributed by atoms with Crippen molar-refractivity contribution in [2.24, 2.45) is 0 Å². The highest BCUT2D eigenvalue weighted by molar-refractivity contribution is 7.13. The van der Waals surface area contributed by atoms with Gasteiger partial charge in [-0.1, -0.05) is 24.3 Å². The summed E-state index contributed by atoms with van der Waals surface area (Å²) in [5.74, 6) is -3.26. The molecule has 11 heteroatoms. The number of fused-ring (bicyclic) bond motifs is 2. The lowest BCUT2D eigenvalue weighted by atomic mass is 9.88.